The topological polar surface area (TPSA) is 75.1 Å². The number of rotatable bonds is 3. The molecular formula is C9H8N2O3S2. The van der Waals surface area contributed by atoms with Crippen molar-refractivity contribution in [1.82, 2.24) is 9.55 Å². The molecule has 0 amide bonds. The third-order valence-corrected chi connectivity index (χ3v) is 3.37. The Labute approximate surface area is 99.0 Å². The summed E-state index contributed by atoms with van der Waals surface area (Å²) in [6.45, 7) is 0.0946. The van der Waals surface area contributed by atoms with Crippen molar-refractivity contribution in [2.75, 3.05) is 0 Å². The van der Waals surface area contributed by atoms with E-state index in [9.17, 15) is 9.59 Å². The predicted octanol–water partition coefficient (Wildman–Crippen LogP) is 1.60. The summed E-state index contributed by atoms with van der Waals surface area (Å²) in [5, 5.41) is 10.4. The van der Waals surface area contributed by atoms with Crippen LogP contribution in [0.2, 0.25) is 0 Å². The second-order valence-corrected chi connectivity index (χ2v) is 4.50. The van der Waals surface area contributed by atoms with Gasteiger partial charge in [-0.3, -0.25) is 14.2 Å². The highest BCUT2D eigenvalue weighted by Crippen LogP contribution is 2.13. The van der Waals surface area contributed by atoms with E-state index in [1.165, 1.54) is 15.9 Å². The van der Waals surface area contributed by atoms with Crippen molar-refractivity contribution in [2.24, 2.45) is 0 Å². The zero-order valence-corrected chi connectivity index (χ0v) is 9.73. The molecule has 2 N–H and O–H groups in total. The summed E-state index contributed by atoms with van der Waals surface area (Å²) in [5.41, 5.74) is 0.474. The highest BCUT2D eigenvalue weighted by Gasteiger charge is 2.07. The van der Waals surface area contributed by atoms with Crippen molar-refractivity contribution < 1.29 is 9.90 Å². The summed E-state index contributed by atoms with van der Waals surface area (Å²) in [6.07, 6.45) is -0.117. The molecule has 2 aromatic rings. The molecule has 0 bridgehead atoms. The van der Waals surface area contributed by atoms with Crippen LogP contribution < -0.4 is 5.56 Å². The molecule has 7 heteroatoms. The molecule has 0 aliphatic heterocycles. The van der Waals surface area contributed by atoms with Gasteiger partial charge in [0.05, 0.1) is 11.9 Å². The van der Waals surface area contributed by atoms with Crippen LogP contribution in [0.4, 0.5) is 0 Å². The molecule has 0 saturated carbocycles. The third kappa shape index (κ3) is 1.91. The van der Waals surface area contributed by atoms with Gasteiger partial charge in [-0.25, -0.2) is 0 Å². The zero-order chi connectivity index (χ0) is 11.7. The van der Waals surface area contributed by atoms with Crippen molar-refractivity contribution in [3.8, 4) is 0 Å². The van der Waals surface area contributed by atoms with E-state index in [2.05, 4.69) is 4.98 Å². The molecule has 2 heterocycles. The minimum atomic E-state index is -0.951. The van der Waals surface area contributed by atoms with Gasteiger partial charge in [0, 0.05) is 6.54 Å². The minimum Gasteiger partial charge on any atom is -0.481 e. The summed E-state index contributed by atoms with van der Waals surface area (Å²) in [5.74, 6) is -0.951. The number of carboxylic acid groups (broad SMARTS) is 1. The van der Waals surface area contributed by atoms with E-state index in [4.69, 9.17) is 17.3 Å². The van der Waals surface area contributed by atoms with Gasteiger partial charge in [0.1, 0.15) is 4.70 Å². The van der Waals surface area contributed by atoms with Gasteiger partial charge in [-0.15, -0.1) is 11.3 Å². The van der Waals surface area contributed by atoms with Gasteiger partial charge >= 0.3 is 5.97 Å². The number of H-pyrrole nitrogens is 1. The summed E-state index contributed by atoms with van der Waals surface area (Å²) >= 11 is 6.32. The van der Waals surface area contributed by atoms with Crippen molar-refractivity contribution in [1.29, 1.82) is 0 Å². The zero-order valence-electron chi connectivity index (χ0n) is 8.10. The van der Waals surface area contributed by atoms with E-state index >= 15 is 0 Å². The lowest BCUT2D eigenvalue weighted by molar-refractivity contribution is -0.137. The molecule has 5 nitrogen and oxygen atoms in total. The van der Waals surface area contributed by atoms with Crippen LogP contribution in [0.3, 0.4) is 0 Å². The van der Waals surface area contributed by atoms with Crippen molar-refractivity contribution >= 4 is 39.7 Å². The monoisotopic (exact) mass is 256 g/mol. The molecule has 0 saturated heterocycles. The molecule has 0 fully saturated rings. The number of carbonyl (C=O) groups is 1. The number of fused-ring (bicyclic) bond motifs is 1. The Balaban J connectivity index is 2.56. The number of thiophene rings is 1. The average Bonchev–Trinajstić information content (AvgIpc) is 2.64. The molecule has 0 aliphatic rings. The Morgan fingerprint density at radius 3 is 3.06 bits per heavy atom. The average molecular weight is 256 g/mol. The van der Waals surface area contributed by atoms with Crippen LogP contribution in [-0.4, -0.2) is 20.6 Å². The third-order valence-electron chi connectivity index (χ3n) is 2.14. The van der Waals surface area contributed by atoms with E-state index in [1.54, 1.807) is 11.4 Å². The van der Waals surface area contributed by atoms with Gasteiger partial charge in [0.2, 0.25) is 0 Å². The maximum absolute atomic E-state index is 11.9. The number of nitrogens with zero attached hydrogens (tertiary/aromatic N) is 1. The van der Waals surface area contributed by atoms with Gasteiger partial charge in [0.15, 0.2) is 4.77 Å². The van der Waals surface area contributed by atoms with E-state index < -0.39 is 5.97 Å². The molecule has 0 unspecified atom stereocenters. The second kappa shape index (κ2) is 4.18. The molecule has 0 atom stereocenters. The lowest BCUT2D eigenvalue weighted by Gasteiger charge is -2.03. The number of carboxylic acids is 1. The fourth-order valence-electron chi connectivity index (χ4n) is 1.38. The van der Waals surface area contributed by atoms with Gasteiger partial charge < -0.3 is 10.1 Å². The van der Waals surface area contributed by atoms with Crippen molar-refractivity contribution in [2.45, 2.75) is 13.0 Å². The van der Waals surface area contributed by atoms with Crippen LogP contribution in [0.1, 0.15) is 6.42 Å². The number of nitrogens with one attached hydrogen (secondary N) is 1. The molecule has 0 spiro atoms. The largest absolute Gasteiger partial charge is 0.481 e. The Bertz CT molecular complexity index is 653. The SMILES string of the molecule is O=C(O)CCn1c(=S)[nH]c2ccsc2c1=O. The Morgan fingerprint density at radius 2 is 2.38 bits per heavy atom. The van der Waals surface area contributed by atoms with Gasteiger partial charge in [-0.2, -0.15) is 0 Å². The van der Waals surface area contributed by atoms with Crippen LogP contribution >= 0.6 is 23.6 Å². The molecule has 2 rings (SSSR count). The van der Waals surface area contributed by atoms with Crippen LogP contribution in [-0.2, 0) is 11.3 Å². The Kier molecular flexibility index (Phi) is 2.88. The number of aliphatic carboxylic acids is 1. The van der Waals surface area contributed by atoms with Crippen LogP contribution in [0.5, 0.6) is 0 Å². The first kappa shape index (κ1) is 11.0. The van der Waals surface area contributed by atoms with Crippen LogP contribution in [0.25, 0.3) is 10.2 Å². The van der Waals surface area contributed by atoms with Crippen molar-refractivity contribution in [3.05, 3.63) is 26.6 Å². The molecule has 16 heavy (non-hydrogen) atoms. The Hall–Kier alpha value is -1.47. The lowest BCUT2D eigenvalue weighted by atomic mass is 10.4. The fraction of sp³-hybridized carbons (Fsp3) is 0.222. The number of aromatic amines is 1. The smallest absolute Gasteiger partial charge is 0.305 e. The second-order valence-electron chi connectivity index (χ2n) is 3.19. The molecule has 0 aromatic carbocycles. The number of hydrogen-bond donors (Lipinski definition) is 2. The Morgan fingerprint density at radius 1 is 1.62 bits per heavy atom. The van der Waals surface area contributed by atoms with E-state index in [-0.39, 0.29) is 23.3 Å². The normalized spacial score (nSPS) is 10.8. The highest BCUT2D eigenvalue weighted by molar-refractivity contribution is 7.71. The molecule has 2 aromatic heterocycles. The first-order chi connectivity index (χ1) is 7.59. The van der Waals surface area contributed by atoms with Crippen LogP contribution in [0, 0.1) is 4.77 Å². The van der Waals surface area contributed by atoms with E-state index in [0.29, 0.717) is 10.2 Å². The molecular weight excluding hydrogens is 248 g/mol. The summed E-state index contributed by atoms with van der Waals surface area (Å²) in [6, 6.07) is 1.78. The molecule has 0 aliphatic carbocycles. The minimum absolute atomic E-state index is 0.0946. The summed E-state index contributed by atoms with van der Waals surface area (Å²) in [4.78, 5) is 25.3. The standard InChI is InChI=1S/C9H8N2O3S2/c12-6(13)1-3-11-8(14)7-5(2-4-16-7)10-9(11)15/h2,4H,1,3H2,(H,10,15)(H,12,13). The van der Waals surface area contributed by atoms with E-state index in [0.717, 1.165) is 0 Å². The number of hydrogen-bond acceptors (Lipinski definition) is 4. The first-order valence-corrected chi connectivity index (χ1v) is 5.80. The fourth-order valence-corrected chi connectivity index (χ4v) is 2.46. The highest BCUT2D eigenvalue weighted by atomic mass is 32.1. The predicted molar refractivity (Wildman–Crippen MR) is 63.5 cm³/mol. The number of aromatic nitrogens is 2. The van der Waals surface area contributed by atoms with Gasteiger partial charge in [-0.05, 0) is 23.7 Å². The van der Waals surface area contributed by atoms with E-state index in [1.807, 2.05) is 0 Å². The molecule has 0 radical (unpaired) electrons. The summed E-state index contributed by atoms with van der Waals surface area (Å²) < 4.78 is 2.11. The summed E-state index contributed by atoms with van der Waals surface area (Å²) in [7, 11) is 0. The van der Waals surface area contributed by atoms with Crippen molar-refractivity contribution in [3.63, 3.8) is 0 Å². The maximum Gasteiger partial charge on any atom is 0.305 e. The lowest BCUT2D eigenvalue weighted by Crippen LogP contribution is -2.22. The first-order valence-electron chi connectivity index (χ1n) is 4.51. The van der Waals surface area contributed by atoms with Crippen LogP contribution in [0.15, 0.2) is 16.2 Å². The molecule has 84 valence electrons. The quantitative estimate of drug-likeness (QED) is 0.818. The van der Waals surface area contributed by atoms with Gasteiger partial charge in [-0.1, -0.05) is 0 Å². The van der Waals surface area contributed by atoms with Gasteiger partial charge in [0.25, 0.3) is 5.56 Å². The maximum atomic E-state index is 11.9.